The molecule has 0 saturated heterocycles. The van der Waals surface area contributed by atoms with E-state index in [1.54, 1.807) is 41.5 Å². The molecule has 83 heavy (non-hydrogen) atoms. The van der Waals surface area contributed by atoms with Gasteiger partial charge in [-0.15, -0.1) is 0 Å². The van der Waals surface area contributed by atoms with Crippen LogP contribution in [0.25, 0.3) is 45.0 Å². The van der Waals surface area contributed by atoms with Crippen LogP contribution in [0.4, 0.5) is 0 Å². The van der Waals surface area contributed by atoms with Gasteiger partial charge in [0.2, 0.25) is 22.8 Å². The Morgan fingerprint density at radius 2 is 0.880 bits per heavy atom. The van der Waals surface area contributed by atoms with Gasteiger partial charge in [-0.2, -0.15) is 0 Å². The van der Waals surface area contributed by atoms with Gasteiger partial charge in [0.05, 0.1) is 0 Å². The Kier molecular flexibility index (Phi) is 10.5. The summed E-state index contributed by atoms with van der Waals surface area (Å²) in [5.41, 5.74) is 25.5. The third kappa shape index (κ3) is 9.56. The van der Waals surface area contributed by atoms with Crippen LogP contribution in [-0.2, 0) is 40.0 Å². The number of hydrogen-bond acceptors (Lipinski definition) is 0. The molecular weight excluding hydrogens is 1000 g/mol. The Morgan fingerprint density at radius 1 is 0.434 bits per heavy atom. The summed E-state index contributed by atoms with van der Waals surface area (Å²) in [7, 11) is 8.13. The minimum absolute atomic E-state index is 0.0707. The predicted octanol–water partition coefficient (Wildman–Crippen LogP) is 17.1. The average molecular weight is 1110 g/mol. The van der Waals surface area contributed by atoms with Gasteiger partial charge in [0.1, 0.15) is 28.2 Å². The van der Waals surface area contributed by atoms with Gasteiger partial charge < -0.3 is 0 Å². The summed E-state index contributed by atoms with van der Waals surface area (Å²) in [4.78, 5) is 0. The van der Waals surface area contributed by atoms with Gasteiger partial charge >= 0.3 is 0 Å². The molecule has 426 valence electrons. The van der Waals surface area contributed by atoms with Gasteiger partial charge in [-0.1, -0.05) is 91.6 Å². The third-order valence-corrected chi connectivity index (χ3v) is 21.5. The fourth-order valence-electron chi connectivity index (χ4n) is 16.4. The molecule has 0 aliphatic heterocycles. The average Bonchev–Trinajstić information content (AvgIpc) is 1.64. The lowest BCUT2D eigenvalue weighted by molar-refractivity contribution is -0.661. The van der Waals surface area contributed by atoms with Crippen LogP contribution < -0.4 is 18.3 Å². The van der Waals surface area contributed by atoms with E-state index in [0.717, 1.165) is 86.1 Å². The zero-order chi connectivity index (χ0) is 70.2. The van der Waals surface area contributed by atoms with Crippen molar-refractivity contribution in [3.05, 3.63) is 211 Å². The monoisotopic (exact) mass is 1110 g/mol. The lowest BCUT2D eigenvalue weighted by atomic mass is 9.63. The highest BCUT2D eigenvalue weighted by molar-refractivity contribution is 5.67. The second-order valence-electron chi connectivity index (χ2n) is 27.0. The van der Waals surface area contributed by atoms with Crippen molar-refractivity contribution in [2.45, 2.75) is 187 Å². The Hall–Kier alpha value is -6.52. The second kappa shape index (κ2) is 20.9. The van der Waals surface area contributed by atoms with E-state index in [9.17, 15) is 0 Å². The van der Waals surface area contributed by atoms with Crippen molar-refractivity contribution >= 4 is 0 Å². The van der Waals surface area contributed by atoms with Crippen LogP contribution in [0.15, 0.2) is 122 Å². The highest BCUT2D eigenvalue weighted by Crippen LogP contribution is 2.67. The summed E-state index contributed by atoms with van der Waals surface area (Å²) >= 11 is 0. The van der Waals surface area contributed by atoms with Crippen molar-refractivity contribution in [3.8, 4) is 45.0 Å². The first-order valence-electron chi connectivity index (χ1n) is 37.7. The topological polar surface area (TPSA) is 15.5 Å². The Bertz CT molecular complexity index is 4550. The van der Waals surface area contributed by atoms with Crippen LogP contribution in [0, 0.1) is 66.5 Å². The molecule has 8 bridgehead atoms. The van der Waals surface area contributed by atoms with Crippen molar-refractivity contribution < 1.29 is 37.5 Å². The first kappa shape index (κ1) is 41.5. The molecule has 9 aliphatic rings. The van der Waals surface area contributed by atoms with Gasteiger partial charge in [0, 0.05) is 93.4 Å². The molecule has 4 heteroatoms. The molecule has 4 nitrogen and oxygen atoms in total. The normalized spacial score (nSPS) is 30.5. The van der Waals surface area contributed by atoms with Crippen molar-refractivity contribution in [3.63, 3.8) is 0 Å². The fourth-order valence-corrected chi connectivity index (χ4v) is 16.4. The molecule has 0 amide bonds. The van der Waals surface area contributed by atoms with Crippen LogP contribution >= 0.6 is 0 Å². The third-order valence-electron chi connectivity index (χ3n) is 21.5. The number of benzene rings is 4. The predicted molar refractivity (Wildman–Crippen MR) is 341 cm³/mol. The van der Waals surface area contributed by atoms with Gasteiger partial charge in [-0.3, -0.25) is 0 Å². The van der Waals surface area contributed by atoms with Crippen LogP contribution in [0.3, 0.4) is 0 Å². The first-order valence-corrected chi connectivity index (χ1v) is 30.7. The summed E-state index contributed by atoms with van der Waals surface area (Å²) in [6.07, 6.45) is 17.1. The Balaban J connectivity index is 0.000000117. The zero-order valence-electron chi connectivity index (χ0n) is 65.2. The molecule has 6 atom stereocenters. The lowest BCUT2D eigenvalue weighted by Crippen LogP contribution is -2.37. The molecule has 8 aromatic rings. The van der Waals surface area contributed by atoms with E-state index in [0.29, 0.717) is 52.8 Å². The molecular formula is C79H94N4+4. The molecule has 4 aromatic heterocycles. The summed E-state index contributed by atoms with van der Waals surface area (Å²) in [6, 6.07) is 31.5. The number of fused-ring (bicyclic) bond motifs is 15. The number of nitrogens with zero attached hydrogens (tertiary/aromatic N) is 4. The molecule has 6 unspecified atom stereocenters. The largest absolute Gasteiger partial charge is 0.212 e. The molecule has 9 aliphatic carbocycles. The minimum Gasteiger partial charge on any atom is -0.201 e. The quantitative estimate of drug-likeness (QED) is 0.156. The molecule has 0 radical (unpaired) electrons. The van der Waals surface area contributed by atoms with E-state index in [2.05, 4.69) is 107 Å². The molecule has 4 aromatic carbocycles. The van der Waals surface area contributed by atoms with Gasteiger partial charge in [-0.05, 0) is 241 Å². The van der Waals surface area contributed by atoms with E-state index >= 15 is 0 Å². The maximum Gasteiger partial charge on any atom is 0.212 e. The maximum atomic E-state index is 8.77. The SMILES string of the molecule is Cc1ccc(-c2cc3c(c[n+]2C)C2CCC3C2)c(C)c1.[2H]C([2H])([2H])c1ccc(-c2cc3c(c[n+]2C)C([2H])([2H])C2CC3([2H])C2)c(C)c1.[2H]C([2H])([2H])c1ccc(-c2cc3c(c[n+]2C)C2(C)CCC3C2(C)C)c(C)c1.[2H]C([2H])([2H])c1ccc(-c2cc3c(c[n+]2C)C2([2H])CCC3([2H])C2)c(C)c1. The molecule has 4 heterocycles. The van der Waals surface area contributed by atoms with Gasteiger partial charge in [-0.25, -0.2) is 18.3 Å². The maximum absolute atomic E-state index is 8.77. The highest BCUT2D eigenvalue weighted by atomic mass is 14.9. The number of pyridine rings is 4. The van der Waals surface area contributed by atoms with Gasteiger partial charge in [0.15, 0.2) is 24.8 Å². The standard InChI is InChI=1S/C22H28N.3C19H22N/c1-14-7-8-16(15(2)11-14)20-12-17-18-9-10-22(5,21(18,3)4)19(17)13-23(20)6;2*1-12-4-7-16(13(2)8-12)19-10-17-14-5-6-15(9-14)18(17)11-20(19)3;1-12-4-5-17(13(2)6-12)19-10-18-15-7-14(8-15)9-16(18)11-20(19)3/h7-8,11-13,18H,9-10H2,1-6H3;2*4,7-8,10-11,14-15H,5-6,9H2,1-3H3;4-6,10-11,14-15H,7-9H2,1-3H3/q4*+1/i1D3;1D3,14D,15D;;1D3,9D2,15D. The van der Waals surface area contributed by atoms with Crippen molar-refractivity contribution in [2.75, 3.05) is 0 Å². The molecule has 4 saturated carbocycles. The number of hydrogen-bond donors (Lipinski definition) is 0. The van der Waals surface area contributed by atoms with E-state index < -0.39 is 44.6 Å². The smallest absolute Gasteiger partial charge is 0.201 e. The minimum atomic E-state index is -2.14. The second-order valence-corrected chi connectivity index (χ2v) is 27.0. The van der Waals surface area contributed by atoms with E-state index in [-0.39, 0.29) is 11.3 Å². The van der Waals surface area contributed by atoms with Crippen LogP contribution in [-0.4, -0.2) is 0 Å². The highest BCUT2D eigenvalue weighted by Gasteiger charge is 2.60. The van der Waals surface area contributed by atoms with Crippen molar-refractivity contribution in [2.24, 2.45) is 39.5 Å². The summed E-state index contributed by atoms with van der Waals surface area (Å²) < 4.78 is 120. The fraction of sp³-hybridized carbons (Fsp3) is 0.443. The number of aryl methyl sites for hydroxylation is 12. The lowest BCUT2D eigenvalue weighted by Gasteiger charge is -2.41. The molecule has 0 N–H and O–H groups in total. The van der Waals surface area contributed by atoms with E-state index in [1.165, 1.54) is 71.3 Å². The number of rotatable bonds is 4. The summed E-state index contributed by atoms with van der Waals surface area (Å²) in [6.45, 7) is 11.2. The van der Waals surface area contributed by atoms with Crippen LogP contribution in [0.5, 0.6) is 0 Å². The number of aromatic nitrogens is 4. The summed E-state index contributed by atoms with van der Waals surface area (Å²) in [5.74, 6) is 0.263. The molecule has 0 spiro atoms. The van der Waals surface area contributed by atoms with Crippen molar-refractivity contribution in [1.82, 2.24) is 0 Å². The zero-order valence-corrected chi connectivity index (χ0v) is 51.2. The Morgan fingerprint density at radius 3 is 1.42 bits per heavy atom. The van der Waals surface area contributed by atoms with Gasteiger partial charge in [0.25, 0.3) is 0 Å². The Labute approximate surface area is 518 Å². The molecule has 4 fully saturated rings. The van der Waals surface area contributed by atoms with Crippen molar-refractivity contribution in [1.29, 1.82) is 0 Å². The van der Waals surface area contributed by atoms with Crippen LogP contribution in [0.2, 0.25) is 0 Å². The van der Waals surface area contributed by atoms with E-state index in [4.69, 9.17) is 19.2 Å². The molecule has 17 rings (SSSR count). The van der Waals surface area contributed by atoms with E-state index in [1.807, 2.05) is 86.7 Å². The summed E-state index contributed by atoms with van der Waals surface area (Å²) in [5, 5.41) is 0. The van der Waals surface area contributed by atoms with Crippen LogP contribution in [0.1, 0.15) is 229 Å². The first-order chi connectivity index (χ1) is 45.1.